The van der Waals surface area contributed by atoms with Gasteiger partial charge in [-0.05, 0) is 73.3 Å². The summed E-state index contributed by atoms with van der Waals surface area (Å²) in [6, 6.07) is 14.3. The molecule has 0 unspecified atom stereocenters. The molecular weight excluding hydrogens is 524 g/mol. The fourth-order valence-corrected chi connectivity index (χ4v) is 3.92. The fourth-order valence-electron chi connectivity index (χ4n) is 3.80. The molecule has 12 heteroatoms. The summed E-state index contributed by atoms with van der Waals surface area (Å²) in [6.07, 6.45) is 2.60. The second-order valence-corrected chi connectivity index (χ2v) is 9.43. The monoisotopic (exact) mass is 554 g/mol. The van der Waals surface area contributed by atoms with E-state index in [1.165, 1.54) is 6.20 Å². The minimum Gasteiger partial charge on any atom is -0.436 e. The van der Waals surface area contributed by atoms with E-state index in [1.807, 2.05) is 25.1 Å². The zero-order chi connectivity index (χ0) is 27.6. The van der Waals surface area contributed by atoms with E-state index in [1.54, 1.807) is 37.3 Å². The van der Waals surface area contributed by atoms with Crippen LogP contribution in [-0.4, -0.2) is 30.2 Å². The number of benzene rings is 2. The number of nitrogens with one attached hydrogen (secondary N) is 5. The predicted molar refractivity (Wildman–Crippen MR) is 145 cm³/mol. The van der Waals surface area contributed by atoms with Crippen molar-refractivity contribution >= 4 is 29.1 Å². The first-order valence-electron chi connectivity index (χ1n) is 12.5. The molecule has 2 aromatic carbocycles. The molecule has 0 aliphatic carbocycles. The van der Waals surface area contributed by atoms with E-state index >= 15 is 0 Å². The molecular formula is C27H31ClN6O5. The number of hydrazine groups is 2. The zero-order valence-electron chi connectivity index (χ0n) is 21.7. The molecule has 0 spiro atoms. The van der Waals surface area contributed by atoms with Crippen LogP contribution in [-0.2, 0) is 20.9 Å². The number of aryl methyl sites for hydroxylation is 2. The SMILES string of the molecule is Cc1cc(Oc2ccc(NNN/C=C(/NC(=O)C3CCOCC3)C(=O)NCc3ccc(Cl)cc3)cc2C)no1. The van der Waals surface area contributed by atoms with Gasteiger partial charge in [-0.15, -0.1) is 0 Å². The third-order valence-corrected chi connectivity index (χ3v) is 6.20. The molecule has 1 saturated heterocycles. The van der Waals surface area contributed by atoms with Crippen LogP contribution in [0.15, 0.2) is 65.0 Å². The quantitative estimate of drug-likeness (QED) is 0.136. The molecule has 3 aromatic rings. The van der Waals surface area contributed by atoms with Gasteiger partial charge in [0, 0.05) is 43.0 Å². The van der Waals surface area contributed by atoms with Crippen molar-refractivity contribution in [3.8, 4) is 11.6 Å². The summed E-state index contributed by atoms with van der Waals surface area (Å²) in [6.45, 7) is 5.00. The zero-order valence-corrected chi connectivity index (χ0v) is 22.4. The topological polar surface area (TPSA) is 139 Å². The van der Waals surface area contributed by atoms with Crippen LogP contribution in [0.5, 0.6) is 11.6 Å². The van der Waals surface area contributed by atoms with Crippen molar-refractivity contribution in [2.75, 3.05) is 18.6 Å². The molecule has 1 aliphatic heterocycles. The average molecular weight is 555 g/mol. The number of anilines is 1. The van der Waals surface area contributed by atoms with Crippen molar-refractivity contribution in [1.29, 1.82) is 0 Å². The van der Waals surface area contributed by atoms with Gasteiger partial charge in [0.1, 0.15) is 17.2 Å². The van der Waals surface area contributed by atoms with E-state index in [2.05, 4.69) is 32.2 Å². The van der Waals surface area contributed by atoms with Gasteiger partial charge in [-0.1, -0.05) is 23.7 Å². The number of halogens is 1. The third-order valence-electron chi connectivity index (χ3n) is 5.95. The summed E-state index contributed by atoms with van der Waals surface area (Å²) in [5.41, 5.74) is 11.1. The van der Waals surface area contributed by atoms with Gasteiger partial charge < -0.3 is 35.5 Å². The maximum atomic E-state index is 12.9. The van der Waals surface area contributed by atoms with Gasteiger partial charge in [0.05, 0.1) is 5.69 Å². The Kier molecular flexibility index (Phi) is 9.79. The number of hydrogen-bond acceptors (Lipinski definition) is 9. The molecule has 1 aliphatic rings. The van der Waals surface area contributed by atoms with Gasteiger partial charge in [0.15, 0.2) is 0 Å². The second kappa shape index (κ2) is 13.7. The summed E-state index contributed by atoms with van der Waals surface area (Å²) in [5, 5.41) is 10.0. The number of aromatic nitrogens is 1. The van der Waals surface area contributed by atoms with Crippen LogP contribution in [0.4, 0.5) is 5.69 Å². The van der Waals surface area contributed by atoms with Crippen molar-refractivity contribution < 1.29 is 23.6 Å². The van der Waals surface area contributed by atoms with E-state index in [0.29, 0.717) is 48.5 Å². The van der Waals surface area contributed by atoms with E-state index in [9.17, 15) is 9.59 Å². The van der Waals surface area contributed by atoms with E-state index in [-0.39, 0.29) is 24.1 Å². The summed E-state index contributed by atoms with van der Waals surface area (Å²) in [4.78, 5) is 25.7. The first-order chi connectivity index (χ1) is 18.9. The van der Waals surface area contributed by atoms with Crippen LogP contribution in [0.2, 0.25) is 5.02 Å². The van der Waals surface area contributed by atoms with Crippen LogP contribution < -0.4 is 31.8 Å². The highest BCUT2D eigenvalue weighted by atomic mass is 35.5. The highest BCUT2D eigenvalue weighted by molar-refractivity contribution is 6.30. The molecule has 0 bridgehead atoms. The summed E-state index contributed by atoms with van der Waals surface area (Å²) >= 11 is 5.93. The number of carbonyl (C=O) groups is 2. The van der Waals surface area contributed by atoms with Gasteiger partial charge in [0.25, 0.3) is 11.8 Å². The average Bonchev–Trinajstić information content (AvgIpc) is 3.36. The molecule has 11 nitrogen and oxygen atoms in total. The molecule has 2 heterocycles. The first-order valence-corrected chi connectivity index (χ1v) is 12.8. The van der Waals surface area contributed by atoms with Gasteiger partial charge in [-0.3, -0.25) is 9.59 Å². The largest absolute Gasteiger partial charge is 0.436 e. The molecule has 1 fully saturated rings. The minimum atomic E-state index is -0.444. The highest BCUT2D eigenvalue weighted by Gasteiger charge is 2.24. The Balaban J connectivity index is 1.35. The van der Waals surface area contributed by atoms with Crippen molar-refractivity contribution in [2.45, 2.75) is 33.2 Å². The Morgan fingerprint density at radius 3 is 2.56 bits per heavy atom. The number of rotatable bonds is 11. The Morgan fingerprint density at radius 1 is 1.10 bits per heavy atom. The van der Waals surface area contributed by atoms with Crippen LogP contribution in [0.25, 0.3) is 0 Å². The Hall–Kier alpha value is -4.06. The van der Waals surface area contributed by atoms with Crippen LogP contribution in [0.3, 0.4) is 0 Å². The number of ether oxygens (including phenoxy) is 2. The van der Waals surface area contributed by atoms with E-state index < -0.39 is 5.91 Å². The summed E-state index contributed by atoms with van der Waals surface area (Å²) in [5.74, 6) is 0.783. The van der Waals surface area contributed by atoms with Crippen LogP contribution in [0, 0.1) is 19.8 Å². The number of nitrogens with zero attached hydrogens (tertiary/aromatic N) is 1. The van der Waals surface area contributed by atoms with Crippen molar-refractivity contribution in [2.24, 2.45) is 5.92 Å². The summed E-state index contributed by atoms with van der Waals surface area (Å²) < 4.78 is 16.1. The molecule has 206 valence electrons. The van der Waals surface area contributed by atoms with Gasteiger partial charge in [-0.25, -0.2) is 0 Å². The maximum Gasteiger partial charge on any atom is 0.269 e. The highest BCUT2D eigenvalue weighted by Crippen LogP contribution is 2.26. The standard InChI is InChI=1S/C27H31ClN6O5/c1-17-13-22(7-8-24(17)38-25-14-18(2)39-33-25)32-34-30-16-23(31-26(35)20-9-11-37-12-10-20)27(36)29-15-19-3-5-21(28)6-4-19/h3-8,13-14,16,20,30,32,34H,9-12,15H2,1-2H3,(H,29,36)(H,31,35)/b23-16+. The molecule has 0 radical (unpaired) electrons. The first kappa shape index (κ1) is 28.0. The van der Waals surface area contributed by atoms with Crippen LogP contribution >= 0.6 is 11.6 Å². The Bertz CT molecular complexity index is 1300. The number of carbonyl (C=O) groups excluding carboxylic acids is 2. The van der Waals surface area contributed by atoms with Gasteiger partial charge in [-0.2, -0.15) is 5.53 Å². The maximum absolute atomic E-state index is 12.9. The van der Waals surface area contributed by atoms with E-state index in [0.717, 1.165) is 16.8 Å². The lowest BCUT2D eigenvalue weighted by Crippen LogP contribution is -2.41. The van der Waals surface area contributed by atoms with Crippen molar-refractivity contribution in [3.05, 3.63) is 82.3 Å². The molecule has 4 rings (SSSR count). The Morgan fingerprint density at radius 2 is 1.87 bits per heavy atom. The summed E-state index contributed by atoms with van der Waals surface area (Å²) in [7, 11) is 0. The lowest BCUT2D eigenvalue weighted by Gasteiger charge is -2.22. The Labute approximate surface area is 231 Å². The molecule has 5 N–H and O–H groups in total. The smallest absolute Gasteiger partial charge is 0.269 e. The molecule has 39 heavy (non-hydrogen) atoms. The molecule has 2 amide bonds. The normalized spacial score (nSPS) is 14.0. The molecule has 0 atom stereocenters. The van der Waals surface area contributed by atoms with Crippen molar-refractivity contribution in [3.63, 3.8) is 0 Å². The number of amides is 2. The lowest BCUT2D eigenvalue weighted by atomic mass is 9.99. The number of hydrogen-bond donors (Lipinski definition) is 5. The van der Waals surface area contributed by atoms with Crippen LogP contribution in [0.1, 0.15) is 29.7 Å². The molecule has 0 saturated carbocycles. The minimum absolute atomic E-state index is 0.0672. The fraction of sp³-hybridized carbons (Fsp3) is 0.296. The molecule has 1 aromatic heterocycles. The van der Waals surface area contributed by atoms with E-state index in [4.69, 9.17) is 25.6 Å². The van der Waals surface area contributed by atoms with Gasteiger partial charge in [0.2, 0.25) is 5.91 Å². The second-order valence-electron chi connectivity index (χ2n) is 9.00. The lowest BCUT2D eigenvalue weighted by molar-refractivity contribution is -0.129. The van der Waals surface area contributed by atoms with Crippen molar-refractivity contribution in [1.82, 2.24) is 26.8 Å². The predicted octanol–water partition coefficient (Wildman–Crippen LogP) is 3.86. The van der Waals surface area contributed by atoms with Gasteiger partial charge >= 0.3 is 0 Å². The third kappa shape index (κ3) is 8.47.